The molecule has 384 valence electrons. The number of primary amides is 2. The monoisotopic (exact) mass is 980 g/mol. The molecule has 0 bridgehead atoms. The molecule has 2 aliphatic rings. The van der Waals surface area contributed by atoms with Gasteiger partial charge in [0, 0.05) is 71.9 Å². The van der Waals surface area contributed by atoms with E-state index in [1.54, 1.807) is 20.7 Å². The first-order chi connectivity index (χ1) is 33.7. The summed E-state index contributed by atoms with van der Waals surface area (Å²) in [6.45, 7) is 9.62. The van der Waals surface area contributed by atoms with Crippen molar-refractivity contribution in [2.24, 2.45) is 45.3 Å². The van der Waals surface area contributed by atoms with E-state index in [0.29, 0.717) is 122 Å². The van der Waals surface area contributed by atoms with Crippen molar-refractivity contribution in [2.75, 3.05) is 120 Å². The fourth-order valence-electron chi connectivity index (χ4n) is 7.62. The highest BCUT2D eigenvalue weighted by Crippen LogP contribution is 2.26. The van der Waals surface area contributed by atoms with Crippen LogP contribution in [0.25, 0.3) is 0 Å². The minimum absolute atomic E-state index is 0.0246. The maximum atomic E-state index is 14.3. The Hall–Kier alpha value is -6.80. The van der Waals surface area contributed by atoms with Crippen LogP contribution in [0.1, 0.15) is 81.5 Å². The number of hydrogen-bond donors (Lipinski definition) is 7. The Bertz CT molecular complexity index is 2210. The minimum Gasteiger partial charge on any atom is -0.377 e. The summed E-state index contributed by atoms with van der Waals surface area (Å²) in [4.78, 5) is 77.7. The zero-order chi connectivity index (χ0) is 50.6. The van der Waals surface area contributed by atoms with E-state index in [-0.39, 0.29) is 62.1 Å². The number of carbonyl (C=O) groups excluding carboxylic acids is 4. The van der Waals surface area contributed by atoms with Gasteiger partial charge in [0.05, 0.1) is 75.3 Å². The number of nitrogens with zero attached hydrogens (tertiary/aromatic N) is 14. The van der Waals surface area contributed by atoms with Crippen molar-refractivity contribution in [2.45, 2.75) is 70.1 Å². The van der Waals surface area contributed by atoms with Crippen LogP contribution in [0.15, 0.2) is 17.4 Å². The number of terminal acetylenes is 1. The lowest BCUT2D eigenvalue weighted by molar-refractivity contribution is -0.137. The lowest BCUT2D eigenvalue weighted by atomic mass is 9.98. The Balaban J connectivity index is 1.27. The molecule has 5 unspecified atom stereocenters. The fraction of sp³-hybridized carbons (Fsp3) is 0.667. The number of nitrogens with two attached hydrogens (primary N) is 6. The van der Waals surface area contributed by atoms with Gasteiger partial charge in [-0.05, 0) is 18.8 Å². The number of amides is 4. The smallest absolute Gasteiger partial charge is 0.248 e. The van der Waals surface area contributed by atoms with E-state index in [1.165, 1.54) is 10.9 Å². The first kappa shape index (κ1) is 54.1. The van der Waals surface area contributed by atoms with Crippen molar-refractivity contribution in [3.05, 3.63) is 23.8 Å². The zero-order valence-corrected chi connectivity index (χ0v) is 40.1. The van der Waals surface area contributed by atoms with Crippen LogP contribution < -0.4 is 49.5 Å². The molecule has 0 spiro atoms. The van der Waals surface area contributed by atoms with Crippen LogP contribution >= 0.6 is 0 Å². The average Bonchev–Trinajstić information content (AvgIpc) is 4.05. The van der Waals surface area contributed by atoms with E-state index in [2.05, 4.69) is 43.8 Å². The lowest BCUT2D eigenvalue weighted by Crippen LogP contribution is -2.52. The third-order valence-corrected chi connectivity index (χ3v) is 11.8. The SMILES string of the molecule is C#CCOCCOCCOCCNc1nc(N2CCN(C(=O)C(CC(N)=O)n3cc(C(N)CC(N)=O)nn3)CC2)nc(N2CCN(C(=O)C(CCCN=C(N)N)n3cc(C(N)C(C)CC)nn3)CC2)n1. The fourth-order valence-corrected chi connectivity index (χ4v) is 7.62. The summed E-state index contributed by atoms with van der Waals surface area (Å²) in [6.07, 6.45) is 9.64. The maximum Gasteiger partial charge on any atom is 0.248 e. The van der Waals surface area contributed by atoms with E-state index in [9.17, 15) is 19.2 Å². The Kier molecular flexibility index (Phi) is 21.2. The Morgan fingerprint density at radius 2 is 1.27 bits per heavy atom. The summed E-state index contributed by atoms with van der Waals surface area (Å²) in [5, 5.41) is 20.0. The van der Waals surface area contributed by atoms with Crippen molar-refractivity contribution in [3.63, 3.8) is 0 Å². The van der Waals surface area contributed by atoms with Crippen molar-refractivity contribution in [1.29, 1.82) is 0 Å². The zero-order valence-electron chi connectivity index (χ0n) is 40.1. The van der Waals surface area contributed by atoms with Crippen LogP contribution in [0.4, 0.5) is 17.8 Å². The molecule has 2 aliphatic heterocycles. The number of guanidine groups is 1. The van der Waals surface area contributed by atoms with E-state index in [0.717, 1.165) is 6.42 Å². The molecule has 0 radical (unpaired) electrons. The number of nitrogens with one attached hydrogen (secondary N) is 1. The highest BCUT2D eigenvalue weighted by Gasteiger charge is 2.34. The predicted molar refractivity (Wildman–Crippen MR) is 256 cm³/mol. The number of piperazine rings is 2. The number of aromatic nitrogens is 9. The molecular weight excluding hydrogens is 911 g/mol. The molecule has 13 N–H and O–H groups in total. The second-order valence-electron chi connectivity index (χ2n) is 16.9. The number of rotatable bonds is 29. The number of carbonyl (C=O) groups is 4. The quantitative estimate of drug-likeness (QED) is 0.0156. The van der Waals surface area contributed by atoms with E-state index >= 15 is 0 Å². The molecule has 5 rings (SSSR count). The van der Waals surface area contributed by atoms with Gasteiger partial charge in [0.15, 0.2) is 5.96 Å². The van der Waals surface area contributed by atoms with Gasteiger partial charge in [-0.25, -0.2) is 9.36 Å². The Morgan fingerprint density at radius 1 is 0.743 bits per heavy atom. The molecule has 3 aromatic heterocycles. The van der Waals surface area contributed by atoms with Gasteiger partial charge in [0.25, 0.3) is 0 Å². The summed E-state index contributed by atoms with van der Waals surface area (Å²) >= 11 is 0. The second-order valence-corrected chi connectivity index (χ2v) is 16.9. The molecule has 2 fully saturated rings. The summed E-state index contributed by atoms with van der Waals surface area (Å²) in [7, 11) is 0. The van der Waals surface area contributed by atoms with Gasteiger partial charge in [-0.3, -0.25) is 24.2 Å². The van der Waals surface area contributed by atoms with E-state index in [4.69, 9.17) is 70.0 Å². The molecule has 28 nitrogen and oxygen atoms in total. The normalized spacial score (nSPS) is 16.2. The number of anilines is 3. The van der Waals surface area contributed by atoms with Crippen LogP contribution in [-0.2, 0) is 33.4 Å². The molecule has 4 amide bonds. The highest BCUT2D eigenvalue weighted by molar-refractivity contribution is 5.86. The molecule has 5 heterocycles. The van der Waals surface area contributed by atoms with Crippen LogP contribution in [0.2, 0.25) is 0 Å². The third kappa shape index (κ3) is 16.1. The highest BCUT2D eigenvalue weighted by atomic mass is 16.5. The predicted octanol–water partition coefficient (Wildman–Crippen LogP) is -3.22. The minimum atomic E-state index is -1.10. The summed E-state index contributed by atoms with van der Waals surface area (Å²) < 4.78 is 19.3. The van der Waals surface area contributed by atoms with Gasteiger partial charge in [-0.1, -0.05) is 36.6 Å². The van der Waals surface area contributed by atoms with Gasteiger partial charge < -0.3 is 73.5 Å². The summed E-state index contributed by atoms with van der Waals surface area (Å²) in [5.41, 5.74) is 35.3. The average molecular weight is 980 g/mol. The van der Waals surface area contributed by atoms with Crippen LogP contribution in [-0.4, -0.2) is 189 Å². The van der Waals surface area contributed by atoms with Crippen LogP contribution in [0.5, 0.6) is 0 Å². The van der Waals surface area contributed by atoms with Crippen molar-refractivity contribution in [1.82, 2.24) is 54.7 Å². The standard InChI is InChI=1S/C42H69N21O7/c1-4-18-68-20-22-70-23-21-69-19-9-50-40-51-41(60-14-10-58(11-15-60)37(66)32(7-6-8-49-39(47)48)62-27-31(55-57-62)36(46)28(3)5-2)53-42(52-40)61-16-12-59(13-17-61)38(67)33(25-35(45)65)63-26-30(54-56-63)29(43)24-34(44)64/h1,26-29,32-33,36H,5-25,43,46H2,2-3H3,(H2,44,64)(H2,45,65)(H4,47,48,49)(H,50,51,52,53). The largest absolute Gasteiger partial charge is 0.377 e. The molecular formula is C42H69N21O7. The Morgan fingerprint density at radius 3 is 1.83 bits per heavy atom. The molecule has 2 saturated heterocycles. The molecule has 0 aliphatic carbocycles. The van der Waals surface area contributed by atoms with Gasteiger partial charge in [-0.2, -0.15) is 15.0 Å². The molecule has 3 aromatic rings. The van der Waals surface area contributed by atoms with Crippen LogP contribution in [0.3, 0.4) is 0 Å². The molecule has 5 atom stereocenters. The van der Waals surface area contributed by atoms with E-state index < -0.39 is 35.8 Å². The maximum absolute atomic E-state index is 14.3. The molecule has 0 saturated carbocycles. The first-order valence-electron chi connectivity index (χ1n) is 23.4. The third-order valence-electron chi connectivity index (χ3n) is 11.8. The van der Waals surface area contributed by atoms with Crippen molar-refractivity contribution >= 4 is 47.4 Å². The van der Waals surface area contributed by atoms with Gasteiger partial charge >= 0.3 is 0 Å². The number of hydrogen-bond acceptors (Lipinski definition) is 20. The van der Waals surface area contributed by atoms with Gasteiger partial charge in [-0.15, -0.1) is 16.6 Å². The molecule has 0 aromatic carbocycles. The first-order valence-corrected chi connectivity index (χ1v) is 23.4. The summed E-state index contributed by atoms with van der Waals surface area (Å²) in [5.74, 6) is 1.75. The number of aliphatic imine (C=N–C) groups is 1. The van der Waals surface area contributed by atoms with Gasteiger partial charge in [0.1, 0.15) is 18.7 Å². The lowest BCUT2D eigenvalue weighted by Gasteiger charge is -2.38. The van der Waals surface area contributed by atoms with Crippen molar-refractivity contribution < 1.29 is 33.4 Å². The molecule has 28 heteroatoms. The van der Waals surface area contributed by atoms with Crippen molar-refractivity contribution in [3.8, 4) is 12.3 Å². The summed E-state index contributed by atoms with van der Waals surface area (Å²) in [6, 6.07) is -2.94. The molecule has 70 heavy (non-hydrogen) atoms. The van der Waals surface area contributed by atoms with Crippen LogP contribution in [0, 0.1) is 18.3 Å². The topological polar surface area (TPSA) is 390 Å². The van der Waals surface area contributed by atoms with E-state index in [1.807, 2.05) is 16.7 Å². The Labute approximate surface area is 406 Å². The number of ether oxygens (including phenoxy) is 3. The van der Waals surface area contributed by atoms with Gasteiger partial charge in [0.2, 0.25) is 41.5 Å². The second kappa shape index (κ2) is 27.4.